The number of unbranched alkanes of at least 4 members (excludes halogenated alkanes) is 1. The van der Waals surface area contributed by atoms with Crippen LogP contribution in [-0.2, 0) is 4.79 Å². The fraction of sp³-hybridized carbons (Fsp3) is 0.308. The predicted molar refractivity (Wildman–Crippen MR) is 68.5 cm³/mol. The topological polar surface area (TPSA) is 95.5 Å². The maximum absolute atomic E-state index is 11.8. The fourth-order valence-corrected chi connectivity index (χ4v) is 1.46. The molecule has 0 aliphatic rings. The number of nitrogens with one attached hydrogen (secondary N) is 2. The Hall–Kier alpha value is -2.37. The van der Waals surface area contributed by atoms with Crippen LogP contribution < -0.4 is 10.9 Å². The SMILES string of the molecule is CCCCC(=O)NNC(=O)c1ccccc1C(=O)O. The molecule has 0 saturated carbocycles. The predicted octanol–water partition coefficient (Wildman–Crippen LogP) is 1.34. The van der Waals surface area contributed by atoms with Gasteiger partial charge < -0.3 is 5.11 Å². The fourth-order valence-electron chi connectivity index (χ4n) is 1.46. The monoisotopic (exact) mass is 264 g/mol. The number of carboxylic acid groups (broad SMARTS) is 1. The lowest BCUT2D eigenvalue weighted by atomic mass is 10.1. The van der Waals surface area contributed by atoms with Crippen LogP contribution in [0.3, 0.4) is 0 Å². The molecule has 1 rings (SSSR count). The molecule has 6 nitrogen and oxygen atoms in total. The summed E-state index contributed by atoms with van der Waals surface area (Å²) in [5.74, 6) is -2.14. The lowest BCUT2D eigenvalue weighted by Crippen LogP contribution is -2.42. The molecule has 0 aromatic heterocycles. The summed E-state index contributed by atoms with van der Waals surface area (Å²) in [4.78, 5) is 34.0. The third-order valence-electron chi connectivity index (χ3n) is 2.47. The standard InChI is InChI=1S/C13H16N2O4/c1-2-3-8-11(16)14-15-12(17)9-6-4-5-7-10(9)13(18)19/h4-7H,2-3,8H2,1H3,(H,14,16)(H,15,17)(H,18,19). The van der Waals surface area contributed by atoms with Crippen molar-refractivity contribution in [3.63, 3.8) is 0 Å². The minimum atomic E-state index is -1.19. The Morgan fingerprint density at radius 3 is 2.32 bits per heavy atom. The Balaban J connectivity index is 2.64. The van der Waals surface area contributed by atoms with Crippen molar-refractivity contribution in [3.05, 3.63) is 35.4 Å². The van der Waals surface area contributed by atoms with Crippen LogP contribution in [0.4, 0.5) is 0 Å². The molecule has 1 aromatic rings. The Kier molecular flexibility index (Phi) is 5.53. The van der Waals surface area contributed by atoms with E-state index >= 15 is 0 Å². The first-order valence-corrected chi connectivity index (χ1v) is 5.97. The van der Waals surface area contributed by atoms with Gasteiger partial charge in [0.05, 0.1) is 11.1 Å². The van der Waals surface area contributed by atoms with E-state index in [-0.39, 0.29) is 17.0 Å². The van der Waals surface area contributed by atoms with Gasteiger partial charge in [-0.25, -0.2) is 4.79 Å². The number of benzene rings is 1. The summed E-state index contributed by atoms with van der Waals surface area (Å²) in [6.45, 7) is 1.95. The van der Waals surface area contributed by atoms with Gasteiger partial charge in [-0.3, -0.25) is 20.4 Å². The third-order valence-corrected chi connectivity index (χ3v) is 2.47. The van der Waals surface area contributed by atoms with E-state index in [0.29, 0.717) is 6.42 Å². The molecular weight excluding hydrogens is 248 g/mol. The first-order valence-electron chi connectivity index (χ1n) is 5.97. The van der Waals surface area contributed by atoms with Crippen LogP contribution in [0.5, 0.6) is 0 Å². The van der Waals surface area contributed by atoms with Gasteiger partial charge in [-0.05, 0) is 18.6 Å². The van der Waals surface area contributed by atoms with Crippen molar-refractivity contribution >= 4 is 17.8 Å². The lowest BCUT2D eigenvalue weighted by Gasteiger charge is -2.08. The van der Waals surface area contributed by atoms with Gasteiger partial charge in [0, 0.05) is 6.42 Å². The minimum absolute atomic E-state index is 0.00536. The first-order chi connectivity index (χ1) is 9.06. The zero-order valence-electron chi connectivity index (χ0n) is 10.6. The van der Waals surface area contributed by atoms with Crippen molar-refractivity contribution in [1.82, 2.24) is 10.9 Å². The highest BCUT2D eigenvalue weighted by Crippen LogP contribution is 2.08. The molecule has 0 aliphatic carbocycles. The van der Waals surface area contributed by atoms with Crippen LogP contribution in [0.25, 0.3) is 0 Å². The van der Waals surface area contributed by atoms with Crippen molar-refractivity contribution in [2.45, 2.75) is 26.2 Å². The molecule has 0 heterocycles. The van der Waals surface area contributed by atoms with Gasteiger partial charge in [0.1, 0.15) is 0 Å². The zero-order valence-corrected chi connectivity index (χ0v) is 10.6. The Morgan fingerprint density at radius 1 is 1.11 bits per heavy atom. The van der Waals surface area contributed by atoms with Crippen LogP contribution >= 0.6 is 0 Å². The van der Waals surface area contributed by atoms with Crippen LogP contribution in [0.15, 0.2) is 24.3 Å². The van der Waals surface area contributed by atoms with Crippen LogP contribution in [0, 0.1) is 0 Å². The Labute approximate surface area is 110 Å². The van der Waals surface area contributed by atoms with E-state index in [4.69, 9.17) is 5.11 Å². The minimum Gasteiger partial charge on any atom is -0.478 e. The second kappa shape index (κ2) is 7.15. The number of rotatable bonds is 5. The highest BCUT2D eigenvalue weighted by molar-refractivity contribution is 6.05. The zero-order chi connectivity index (χ0) is 14.3. The Morgan fingerprint density at radius 2 is 1.74 bits per heavy atom. The van der Waals surface area contributed by atoms with Crippen molar-refractivity contribution in [2.24, 2.45) is 0 Å². The van der Waals surface area contributed by atoms with E-state index in [1.54, 1.807) is 6.07 Å². The quantitative estimate of drug-likeness (QED) is 0.699. The van der Waals surface area contributed by atoms with E-state index in [2.05, 4.69) is 10.9 Å². The van der Waals surface area contributed by atoms with Gasteiger partial charge in [-0.1, -0.05) is 25.5 Å². The van der Waals surface area contributed by atoms with E-state index in [1.807, 2.05) is 6.92 Å². The number of carboxylic acids is 1. The molecule has 0 bridgehead atoms. The maximum atomic E-state index is 11.8. The number of hydrogen-bond acceptors (Lipinski definition) is 3. The second-order valence-electron chi connectivity index (χ2n) is 3.96. The molecule has 0 fully saturated rings. The van der Waals surface area contributed by atoms with E-state index < -0.39 is 11.9 Å². The molecule has 0 saturated heterocycles. The molecule has 0 atom stereocenters. The largest absolute Gasteiger partial charge is 0.478 e. The smallest absolute Gasteiger partial charge is 0.336 e. The molecule has 0 aliphatic heterocycles. The molecule has 6 heteroatoms. The number of hydrogen-bond donors (Lipinski definition) is 3. The van der Waals surface area contributed by atoms with Gasteiger partial charge in [0.2, 0.25) is 5.91 Å². The summed E-state index contributed by atoms with van der Waals surface area (Å²) in [5.41, 5.74) is 4.35. The average molecular weight is 264 g/mol. The summed E-state index contributed by atoms with van der Waals surface area (Å²) in [6, 6.07) is 5.80. The van der Waals surface area contributed by atoms with Crippen molar-refractivity contribution < 1.29 is 19.5 Å². The van der Waals surface area contributed by atoms with Crippen molar-refractivity contribution in [2.75, 3.05) is 0 Å². The van der Waals surface area contributed by atoms with Crippen LogP contribution in [0.2, 0.25) is 0 Å². The lowest BCUT2D eigenvalue weighted by molar-refractivity contribution is -0.121. The number of carbonyl (C=O) groups is 3. The van der Waals surface area contributed by atoms with Gasteiger partial charge in [-0.15, -0.1) is 0 Å². The third kappa shape index (κ3) is 4.42. The number of aromatic carboxylic acids is 1. The normalized spacial score (nSPS) is 9.74. The molecule has 19 heavy (non-hydrogen) atoms. The Bertz CT molecular complexity index is 485. The highest BCUT2D eigenvalue weighted by atomic mass is 16.4. The molecule has 0 radical (unpaired) electrons. The summed E-state index contributed by atoms with van der Waals surface area (Å²) < 4.78 is 0. The van der Waals surface area contributed by atoms with E-state index in [9.17, 15) is 14.4 Å². The van der Waals surface area contributed by atoms with Crippen molar-refractivity contribution in [1.29, 1.82) is 0 Å². The van der Waals surface area contributed by atoms with Gasteiger partial charge in [0.15, 0.2) is 0 Å². The highest BCUT2D eigenvalue weighted by Gasteiger charge is 2.15. The van der Waals surface area contributed by atoms with Crippen LogP contribution in [-0.4, -0.2) is 22.9 Å². The molecule has 102 valence electrons. The van der Waals surface area contributed by atoms with Gasteiger partial charge in [0.25, 0.3) is 5.91 Å². The number of carbonyl (C=O) groups excluding carboxylic acids is 2. The van der Waals surface area contributed by atoms with E-state index in [0.717, 1.165) is 12.8 Å². The average Bonchev–Trinajstić information content (AvgIpc) is 2.42. The van der Waals surface area contributed by atoms with Crippen LogP contribution in [0.1, 0.15) is 46.9 Å². The maximum Gasteiger partial charge on any atom is 0.336 e. The molecular formula is C13H16N2O4. The summed E-state index contributed by atoms with van der Waals surface area (Å²) in [7, 11) is 0. The first kappa shape index (κ1) is 14.7. The molecule has 0 unspecified atom stereocenters. The van der Waals surface area contributed by atoms with Gasteiger partial charge in [-0.2, -0.15) is 0 Å². The second-order valence-corrected chi connectivity index (χ2v) is 3.96. The summed E-state index contributed by atoms with van der Waals surface area (Å²) in [5, 5.41) is 8.94. The number of amides is 2. The van der Waals surface area contributed by atoms with E-state index in [1.165, 1.54) is 18.2 Å². The number of hydrazine groups is 1. The molecule has 2 amide bonds. The van der Waals surface area contributed by atoms with Crippen molar-refractivity contribution in [3.8, 4) is 0 Å². The van der Waals surface area contributed by atoms with Gasteiger partial charge >= 0.3 is 5.97 Å². The molecule has 1 aromatic carbocycles. The summed E-state index contributed by atoms with van der Waals surface area (Å²) in [6.07, 6.45) is 1.92. The molecule has 0 spiro atoms. The summed E-state index contributed by atoms with van der Waals surface area (Å²) >= 11 is 0. The molecule has 3 N–H and O–H groups in total.